The molecule has 3 nitrogen and oxygen atoms in total. The lowest BCUT2D eigenvalue weighted by atomic mass is 9.93. The molecule has 0 saturated heterocycles. The van der Waals surface area contributed by atoms with E-state index in [0.29, 0.717) is 5.84 Å². The number of carbonyl (C=O) groups excluding carboxylic acids is 1. The Bertz CT molecular complexity index is 528. The molecule has 3 heteroatoms. The van der Waals surface area contributed by atoms with Crippen LogP contribution in [0.4, 0.5) is 0 Å². The van der Waals surface area contributed by atoms with Crippen LogP contribution >= 0.6 is 0 Å². The molecule has 3 rings (SSSR count). The highest BCUT2D eigenvalue weighted by Crippen LogP contribution is 2.20. The second-order valence-corrected chi connectivity index (χ2v) is 4.12. The summed E-state index contributed by atoms with van der Waals surface area (Å²) in [5, 5.41) is 2.86. The van der Waals surface area contributed by atoms with Gasteiger partial charge in [-0.15, -0.1) is 0 Å². The summed E-state index contributed by atoms with van der Waals surface area (Å²) in [5.41, 5.74) is 0.947. The van der Waals surface area contributed by atoms with E-state index < -0.39 is 0 Å². The van der Waals surface area contributed by atoms with E-state index in [4.69, 9.17) is 0 Å². The number of rotatable bonds is 1. The fourth-order valence-corrected chi connectivity index (χ4v) is 2.09. The number of nitrogens with one attached hydrogen (secondary N) is 1. The summed E-state index contributed by atoms with van der Waals surface area (Å²) in [6.45, 7) is 0. The smallest absolute Gasteiger partial charge is 0.234 e. The van der Waals surface area contributed by atoms with E-state index in [1.807, 2.05) is 54.6 Å². The molecule has 0 radical (unpaired) electrons. The van der Waals surface area contributed by atoms with Crippen LogP contribution in [0.3, 0.4) is 0 Å². The number of aliphatic imine (C=N–C) groups is 1. The van der Waals surface area contributed by atoms with Crippen LogP contribution in [0.1, 0.15) is 5.56 Å². The molecule has 1 amide bonds. The molecule has 0 bridgehead atoms. The molecule has 0 aromatic heterocycles. The minimum absolute atomic E-state index is 0.0180. The van der Waals surface area contributed by atoms with Crippen molar-refractivity contribution in [2.75, 3.05) is 0 Å². The van der Waals surface area contributed by atoms with Crippen molar-refractivity contribution in [3.05, 3.63) is 60.2 Å². The molecule has 17 heavy (non-hydrogen) atoms. The Morgan fingerprint density at radius 2 is 1.82 bits per heavy atom. The summed E-state index contributed by atoms with van der Waals surface area (Å²) < 4.78 is 0. The molecule has 0 saturated carbocycles. The van der Waals surface area contributed by atoms with Gasteiger partial charge < -0.3 is 5.32 Å². The Morgan fingerprint density at radius 1 is 1.06 bits per heavy atom. The van der Waals surface area contributed by atoms with Gasteiger partial charge in [0.05, 0.1) is 12.0 Å². The molecule has 1 aliphatic heterocycles. The maximum Gasteiger partial charge on any atom is 0.234 e. The quantitative estimate of drug-likeness (QED) is 0.774. The summed E-state index contributed by atoms with van der Waals surface area (Å²) in [6, 6.07) is 9.65. The zero-order chi connectivity index (χ0) is 11.7. The summed E-state index contributed by atoms with van der Waals surface area (Å²) in [7, 11) is 0. The lowest BCUT2D eigenvalue weighted by Crippen LogP contribution is -2.45. The van der Waals surface area contributed by atoms with Gasteiger partial charge >= 0.3 is 0 Å². The van der Waals surface area contributed by atoms with Crippen molar-refractivity contribution in [3.8, 4) is 0 Å². The second kappa shape index (κ2) is 4.01. The number of allylic oxidation sites excluding steroid dienone is 2. The number of fused-ring (bicyclic) bond motifs is 1. The van der Waals surface area contributed by atoms with Crippen LogP contribution in [0.25, 0.3) is 0 Å². The molecule has 1 N–H and O–H groups in total. The minimum Gasteiger partial charge on any atom is -0.310 e. The topological polar surface area (TPSA) is 41.5 Å². The highest BCUT2D eigenvalue weighted by atomic mass is 16.2. The monoisotopic (exact) mass is 224 g/mol. The maximum atomic E-state index is 11.9. The highest BCUT2D eigenvalue weighted by Gasteiger charge is 2.30. The third kappa shape index (κ3) is 1.80. The van der Waals surface area contributed by atoms with Crippen LogP contribution < -0.4 is 5.32 Å². The van der Waals surface area contributed by atoms with Crippen molar-refractivity contribution in [3.63, 3.8) is 0 Å². The standard InChI is InChI=1S/C14H12N2O/c17-14-11-8-4-5-9-12(11)15-13(16-14)10-6-2-1-3-7-10/h1-9,11-12H,(H,15,16,17). The third-order valence-electron chi connectivity index (χ3n) is 2.98. The van der Waals surface area contributed by atoms with Crippen LogP contribution in [0.2, 0.25) is 0 Å². The average molecular weight is 224 g/mol. The number of hydrogen-bond donors (Lipinski definition) is 1. The SMILES string of the molecule is O=C1NC(c2ccccc2)=NC2C=CC=CC12. The Labute approximate surface area is 99.6 Å². The molecule has 0 spiro atoms. The van der Waals surface area contributed by atoms with E-state index >= 15 is 0 Å². The van der Waals surface area contributed by atoms with Crippen molar-refractivity contribution >= 4 is 11.7 Å². The van der Waals surface area contributed by atoms with Gasteiger partial charge in [-0.2, -0.15) is 0 Å². The van der Waals surface area contributed by atoms with Crippen molar-refractivity contribution in [1.29, 1.82) is 0 Å². The van der Waals surface area contributed by atoms with E-state index in [1.165, 1.54) is 0 Å². The van der Waals surface area contributed by atoms with Crippen LogP contribution in [0.5, 0.6) is 0 Å². The first-order valence-electron chi connectivity index (χ1n) is 5.64. The van der Waals surface area contributed by atoms with E-state index in [-0.39, 0.29) is 17.9 Å². The van der Waals surface area contributed by atoms with Crippen molar-refractivity contribution in [2.45, 2.75) is 6.04 Å². The first-order chi connectivity index (χ1) is 8.34. The second-order valence-electron chi connectivity index (χ2n) is 4.12. The minimum atomic E-state index is -0.160. The Morgan fingerprint density at radius 3 is 2.65 bits per heavy atom. The molecule has 1 aromatic carbocycles. The van der Waals surface area contributed by atoms with E-state index in [9.17, 15) is 4.79 Å². The fraction of sp³-hybridized carbons (Fsp3) is 0.143. The van der Waals surface area contributed by atoms with Crippen molar-refractivity contribution in [1.82, 2.24) is 5.32 Å². The number of hydrogen-bond acceptors (Lipinski definition) is 2. The normalized spacial score (nSPS) is 26.1. The highest BCUT2D eigenvalue weighted by molar-refractivity contribution is 6.10. The molecule has 2 unspecified atom stereocenters. The zero-order valence-corrected chi connectivity index (χ0v) is 9.21. The number of benzene rings is 1. The number of nitrogens with zero attached hydrogens (tertiary/aromatic N) is 1. The predicted octanol–water partition coefficient (Wildman–Crippen LogP) is 1.67. The van der Waals surface area contributed by atoms with Gasteiger partial charge in [-0.1, -0.05) is 54.6 Å². The summed E-state index contributed by atoms with van der Waals surface area (Å²) in [4.78, 5) is 16.5. The largest absolute Gasteiger partial charge is 0.310 e. The zero-order valence-electron chi connectivity index (χ0n) is 9.21. The lowest BCUT2D eigenvalue weighted by Gasteiger charge is -2.26. The lowest BCUT2D eigenvalue weighted by molar-refractivity contribution is -0.122. The molecular formula is C14H12N2O. The van der Waals surface area contributed by atoms with Gasteiger partial charge in [-0.05, 0) is 0 Å². The van der Waals surface area contributed by atoms with Gasteiger partial charge in [0, 0.05) is 5.56 Å². The van der Waals surface area contributed by atoms with Crippen LogP contribution in [0, 0.1) is 5.92 Å². The third-order valence-corrected chi connectivity index (χ3v) is 2.98. The molecule has 1 aromatic rings. The van der Waals surface area contributed by atoms with E-state index in [1.54, 1.807) is 0 Å². The average Bonchev–Trinajstić information content (AvgIpc) is 2.40. The molecule has 2 aliphatic rings. The van der Waals surface area contributed by atoms with Gasteiger partial charge in [0.1, 0.15) is 5.84 Å². The summed E-state index contributed by atoms with van der Waals surface area (Å²) in [6.07, 6.45) is 7.69. The van der Waals surface area contributed by atoms with Gasteiger partial charge in [-0.3, -0.25) is 9.79 Å². The molecular weight excluding hydrogens is 212 g/mol. The summed E-state index contributed by atoms with van der Waals surface area (Å²) in [5.74, 6) is 0.522. The van der Waals surface area contributed by atoms with Crippen LogP contribution in [-0.2, 0) is 4.79 Å². The van der Waals surface area contributed by atoms with Crippen LogP contribution in [0.15, 0.2) is 59.6 Å². The Kier molecular flexibility index (Phi) is 2.37. The maximum absolute atomic E-state index is 11.9. The van der Waals surface area contributed by atoms with E-state index in [0.717, 1.165) is 5.56 Å². The number of amides is 1. The molecule has 2 atom stereocenters. The predicted molar refractivity (Wildman–Crippen MR) is 66.7 cm³/mol. The molecule has 0 fully saturated rings. The summed E-state index contributed by atoms with van der Waals surface area (Å²) >= 11 is 0. The fourth-order valence-electron chi connectivity index (χ4n) is 2.09. The Balaban J connectivity index is 1.98. The molecule has 84 valence electrons. The van der Waals surface area contributed by atoms with E-state index in [2.05, 4.69) is 10.3 Å². The number of carbonyl (C=O) groups is 1. The van der Waals surface area contributed by atoms with Crippen molar-refractivity contribution < 1.29 is 4.79 Å². The number of amidine groups is 1. The van der Waals surface area contributed by atoms with Gasteiger partial charge in [0.25, 0.3) is 0 Å². The molecule has 1 aliphatic carbocycles. The van der Waals surface area contributed by atoms with Gasteiger partial charge in [0.15, 0.2) is 0 Å². The van der Waals surface area contributed by atoms with Crippen molar-refractivity contribution in [2.24, 2.45) is 10.9 Å². The Hall–Kier alpha value is -2.16. The van der Waals surface area contributed by atoms with Gasteiger partial charge in [-0.25, -0.2) is 0 Å². The first kappa shape index (κ1) is 10.0. The first-order valence-corrected chi connectivity index (χ1v) is 5.64. The van der Waals surface area contributed by atoms with Crippen LogP contribution in [-0.4, -0.2) is 17.8 Å². The molecule has 1 heterocycles. The van der Waals surface area contributed by atoms with Gasteiger partial charge in [0.2, 0.25) is 5.91 Å².